The maximum absolute atomic E-state index is 12.3. The Morgan fingerprint density at radius 1 is 1.15 bits per heavy atom. The van der Waals surface area contributed by atoms with Gasteiger partial charge < -0.3 is 4.57 Å². The van der Waals surface area contributed by atoms with Crippen molar-refractivity contribution in [3.05, 3.63) is 69.4 Å². The lowest BCUT2D eigenvalue weighted by Gasteiger charge is -2.05. The SMILES string of the molecule is Cn1c(SCc2cc(=O)n3cc(Br)ccc3n2)nnc1-c1ccncc1. The number of pyridine rings is 2. The van der Waals surface area contributed by atoms with Crippen molar-refractivity contribution in [3.8, 4) is 11.4 Å². The highest BCUT2D eigenvalue weighted by atomic mass is 79.9. The quantitative estimate of drug-likeness (QED) is 0.465. The third-order valence-corrected chi connectivity index (χ3v) is 5.32. The van der Waals surface area contributed by atoms with Crippen LogP contribution in [-0.4, -0.2) is 29.1 Å². The Labute approximate surface area is 161 Å². The first kappa shape index (κ1) is 16.9. The van der Waals surface area contributed by atoms with Gasteiger partial charge >= 0.3 is 0 Å². The minimum atomic E-state index is -0.109. The second-order valence-electron chi connectivity index (χ2n) is 5.55. The van der Waals surface area contributed by atoms with Crippen LogP contribution < -0.4 is 5.56 Å². The largest absolute Gasteiger partial charge is 0.305 e. The van der Waals surface area contributed by atoms with Crippen molar-refractivity contribution in [2.75, 3.05) is 0 Å². The first-order valence-corrected chi connectivity index (χ1v) is 9.50. The van der Waals surface area contributed by atoms with Crippen LogP contribution in [0.5, 0.6) is 0 Å². The Morgan fingerprint density at radius 2 is 1.96 bits per heavy atom. The average Bonchev–Trinajstić information content (AvgIpc) is 3.02. The summed E-state index contributed by atoms with van der Waals surface area (Å²) in [6, 6.07) is 9.00. The van der Waals surface area contributed by atoms with E-state index in [9.17, 15) is 4.79 Å². The molecule has 0 radical (unpaired) electrons. The van der Waals surface area contributed by atoms with Crippen LogP contribution in [0.25, 0.3) is 17.0 Å². The smallest absolute Gasteiger partial charge is 0.258 e. The van der Waals surface area contributed by atoms with Gasteiger partial charge in [0, 0.05) is 47.5 Å². The highest BCUT2D eigenvalue weighted by molar-refractivity contribution is 9.10. The number of fused-ring (bicyclic) bond motifs is 1. The molecule has 0 aliphatic rings. The zero-order valence-corrected chi connectivity index (χ0v) is 16.1. The Balaban J connectivity index is 1.58. The topological polar surface area (TPSA) is 78.0 Å². The third-order valence-electron chi connectivity index (χ3n) is 3.80. The number of hydrogen-bond donors (Lipinski definition) is 0. The fourth-order valence-electron chi connectivity index (χ4n) is 2.53. The number of nitrogens with zero attached hydrogens (tertiary/aromatic N) is 6. The zero-order valence-electron chi connectivity index (χ0n) is 13.7. The van der Waals surface area contributed by atoms with Crippen molar-refractivity contribution in [3.63, 3.8) is 0 Å². The molecule has 4 aromatic heterocycles. The molecule has 0 aromatic carbocycles. The van der Waals surface area contributed by atoms with Crippen LogP contribution >= 0.6 is 27.7 Å². The summed E-state index contributed by atoms with van der Waals surface area (Å²) in [5, 5.41) is 9.25. The highest BCUT2D eigenvalue weighted by Gasteiger charge is 2.12. The summed E-state index contributed by atoms with van der Waals surface area (Å²) in [5.74, 6) is 1.30. The van der Waals surface area contributed by atoms with E-state index in [0.717, 1.165) is 21.0 Å². The van der Waals surface area contributed by atoms with Crippen molar-refractivity contribution in [2.24, 2.45) is 7.05 Å². The Kier molecular flexibility index (Phi) is 4.56. The summed E-state index contributed by atoms with van der Waals surface area (Å²) in [6.45, 7) is 0. The average molecular weight is 429 g/mol. The first-order valence-electron chi connectivity index (χ1n) is 7.72. The van der Waals surface area contributed by atoms with Crippen molar-refractivity contribution in [1.29, 1.82) is 0 Å². The number of rotatable bonds is 4. The Bertz CT molecular complexity index is 1140. The molecule has 0 amide bonds. The molecule has 7 nitrogen and oxygen atoms in total. The van der Waals surface area contributed by atoms with Gasteiger partial charge in [0.1, 0.15) is 5.65 Å². The number of aromatic nitrogens is 6. The molecule has 0 atom stereocenters. The Hall–Kier alpha value is -2.52. The van der Waals surface area contributed by atoms with Crippen LogP contribution in [-0.2, 0) is 12.8 Å². The molecular formula is C17H13BrN6OS. The van der Waals surface area contributed by atoms with Crippen molar-refractivity contribution in [2.45, 2.75) is 10.9 Å². The summed E-state index contributed by atoms with van der Waals surface area (Å²) in [4.78, 5) is 20.8. The van der Waals surface area contributed by atoms with Crippen molar-refractivity contribution in [1.82, 2.24) is 29.1 Å². The summed E-state index contributed by atoms with van der Waals surface area (Å²) >= 11 is 4.85. The van der Waals surface area contributed by atoms with E-state index in [0.29, 0.717) is 17.1 Å². The minimum absolute atomic E-state index is 0.109. The number of halogens is 1. The van der Waals surface area contributed by atoms with Crippen LogP contribution in [0.3, 0.4) is 0 Å². The summed E-state index contributed by atoms with van der Waals surface area (Å²) in [5.41, 5.74) is 2.17. The summed E-state index contributed by atoms with van der Waals surface area (Å²) in [7, 11) is 1.92. The zero-order chi connectivity index (χ0) is 18.1. The van der Waals surface area contributed by atoms with Crippen molar-refractivity contribution < 1.29 is 0 Å². The van der Waals surface area contributed by atoms with Crippen LogP contribution in [0.1, 0.15) is 5.69 Å². The van der Waals surface area contributed by atoms with Gasteiger partial charge in [-0.2, -0.15) is 0 Å². The van der Waals surface area contributed by atoms with E-state index >= 15 is 0 Å². The molecule has 0 bridgehead atoms. The molecule has 9 heteroatoms. The van der Waals surface area contributed by atoms with Gasteiger partial charge in [0.15, 0.2) is 11.0 Å². The standard InChI is InChI=1S/C17H13BrN6OS/c1-23-16(11-4-6-19-7-5-11)21-22-17(23)26-10-13-8-15(25)24-9-12(18)2-3-14(24)20-13/h2-9H,10H2,1H3. The van der Waals surface area contributed by atoms with Gasteiger partial charge in [0.05, 0.1) is 5.69 Å². The van der Waals surface area contributed by atoms with E-state index in [-0.39, 0.29) is 5.56 Å². The van der Waals surface area contributed by atoms with E-state index in [1.165, 1.54) is 16.2 Å². The normalized spacial score (nSPS) is 11.2. The molecule has 0 N–H and O–H groups in total. The second-order valence-corrected chi connectivity index (χ2v) is 7.41. The fourth-order valence-corrected chi connectivity index (χ4v) is 3.67. The van der Waals surface area contributed by atoms with Gasteiger partial charge in [0.25, 0.3) is 5.56 Å². The fraction of sp³-hybridized carbons (Fsp3) is 0.118. The number of thioether (sulfide) groups is 1. The Morgan fingerprint density at radius 3 is 2.77 bits per heavy atom. The van der Waals surface area contributed by atoms with Crippen LogP contribution in [0.4, 0.5) is 0 Å². The molecule has 26 heavy (non-hydrogen) atoms. The molecule has 130 valence electrons. The van der Waals surface area contributed by atoms with Gasteiger partial charge in [-0.25, -0.2) is 4.98 Å². The molecule has 0 unspecified atom stereocenters. The third kappa shape index (κ3) is 3.27. The van der Waals surface area contributed by atoms with E-state index in [1.54, 1.807) is 24.7 Å². The molecule has 0 fully saturated rings. The summed E-state index contributed by atoms with van der Waals surface area (Å²) < 4.78 is 4.27. The second kappa shape index (κ2) is 7.00. The van der Waals surface area contributed by atoms with Gasteiger partial charge in [-0.1, -0.05) is 11.8 Å². The predicted octanol–water partition coefficient (Wildman–Crippen LogP) is 2.94. The van der Waals surface area contributed by atoms with Crippen LogP contribution in [0.15, 0.2) is 63.3 Å². The van der Waals surface area contributed by atoms with E-state index in [4.69, 9.17) is 0 Å². The highest BCUT2D eigenvalue weighted by Crippen LogP contribution is 2.24. The molecule has 0 aliphatic heterocycles. The van der Waals surface area contributed by atoms with Gasteiger partial charge in [-0.15, -0.1) is 10.2 Å². The maximum atomic E-state index is 12.3. The van der Waals surface area contributed by atoms with Crippen LogP contribution in [0, 0.1) is 0 Å². The minimum Gasteiger partial charge on any atom is -0.305 e. The van der Waals surface area contributed by atoms with Gasteiger partial charge in [-0.3, -0.25) is 14.2 Å². The lowest BCUT2D eigenvalue weighted by molar-refractivity contribution is 0.793. The molecule has 0 saturated carbocycles. The number of hydrogen-bond acceptors (Lipinski definition) is 6. The predicted molar refractivity (Wildman–Crippen MR) is 103 cm³/mol. The molecule has 4 aromatic rings. The lowest BCUT2D eigenvalue weighted by Crippen LogP contribution is -2.15. The van der Waals surface area contributed by atoms with E-state index in [2.05, 4.69) is 36.1 Å². The van der Waals surface area contributed by atoms with Gasteiger partial charge in [-0.05, 0) is 40.2 Å². The van der Waals surface area contributed by atoms with E-state index in [1.807, 2.05) is 35.9 Å². The van der Waals surface area contributed by atoms with Gasteiger partial charge in [0.2, 0.25) is 0 Å². The lowest BCUT2D eigenvalue weighted by atomic mass is 10.2. The molecule has 0 saturated heterocycles. The van der Waals surface area contributed by atoms with Crippen molar-refractivity contribution >= 4 is 33.3 Å². The van der Waals surface area contributed by atoms with Crippen LogP contribution in [0.2, 0.25) is 0 Å². The first-order chi connectivity index (χ1) is 12.6. The molecular weight excluding hydrogens is 416 g/mol. The van der Waals surface area contributed by atoms with E-state index < -0.39 is 0 Å². The molecule has 0 spiro atoms. The monoisotopic (exact) mass is 428 g/mol. The maximum Gasteiger partial charge on any atom is 0.258 e. The molecule has 4 rings (SSSR count). The molecule has 4 heterocycles. The molecule has 0 aliphatic carbocycles. The summed E-state index contributed by atoms with van der Waals surface area (Å²) in [6.07, 6.45) is 5.16.